The first-order chi connectivity index (χ1) is 11.9. The molecule has 0 heterocycles. The van der Waals surface area contributed by atoms with Gasteiger partial charge in [-0.25, -0.2) is 0 Å². The molecule has 0 aromatic heterocycles. The number of carbonyl (C=O) groups is 2. The molecule has 7 heteroatoms. The maximum atomic E-state index is 11.7. The Kier molecular flexibility index (Phi) is 6.82. The van der Waals surface area contributed by atoms with Crippen molar-refractivity contribution in [1.29, 1.82) is 0 Å². The zero-order chi connectivity index (χ0) is 18.2. The predicted molar refractivity (Wildman–Crippen MR) is 97.3 cm³/mol. The molecule has 0 radical (unpaired) electrons. The highest BCUT2D eigenvalue weighted by atomic mass is 79.9. The van der Waals surface area contributed by atoms with Crippen LogP contribution in [0.4, 0.5) is 0 Å². The third-order valence-electron chi connectivity index (χ3n) is 3.37. The number of hydrazine groups is 1. The zero-order valence-electron chi connectivity index (χ0n) is 14.0. The van der Waals surface area contributed by atoms with Crippen molar-refractivity contribution < 1.29 is 19.1 Å². The summed E-state index contributed by atoms with van der Waals surface area (Å²) in [6.45, 7) is 3.56. The highest BCUT2D eigenvalue weighted by molar-refractivity contribution is 9.10. The molecule has 0 aliphatic rings. The van der Waals surface area contributed by atoms with Crippen molar-refractivity contribution in [2.75, 3.05) is 13.2 Å². The van der Waals surface area contributed by atoms with Gasteiger partial charge in [0.05, 0.1) is 0 Å². The first-order valence-electron chi connectivity index (χ1n) is 7.60. The first-order valence-corrected chi connectivity index (χ1v) is 8.39. The molecule has 0 fully saturated rings. The maximum Gasteiger partial charge on any atom is 0.276 e. The molecule has 2 amide bonds. The van der Waals surface area contributed by atoms with Crippen molar-refractivity contribution in [2.45, 2.75) is 13.8 Å². The zero-order valence-corrected chi connectivity index (χ0v) is 15.6. The number of hydrogen-bond donors (Lipinski definition) is 2. The topological polar surface area (TPSA) is 76.7 Å². The van der Waals surface area contributed by atoms with Crippen molar-refractivity contribution in [3.8, 4) is 11.5 Å². The molecule has 0 aliphatic carbocycles. The van der Waals surface area contributed by atoms with E-state index in [1.54, 1.807) is 30.3 Å². The van der Waals surface area contributed by atoms with Gasteiger partial charge in [-0.05, 0) is 61.4 Å². The molecule has 0 atom stereocenters. The van der Waals surface area contributed by atoms with Gasteiger partial charge in [0.25, 0.3) is 11.8 Å². The van der Waals surface area contributed by atoms with Gasteiger partial charge in [-0.2, -0.15) is 0 Å². The number of rotatable bonds is 6. The smallest absolute Gasteiger partial charge is 0.276 e. The van der Waals surface area contributed by atoms with E-state index in [-0.39, 0.29) is 13.2 Å². The molecule has 0 saturated carbocycles. The SMILES string of the molecule is Cc1ccc(OCC(=O)NNC(=O)COc2ccc(Br)cc2)cc1C. The molecule has 2 aromatic rings. The summed E-state index contributed by atoms with van der Waals surface area (Å²) in [5.41, 5.74) is 6.77. The van der Waals surface area contributed by atoms with Crippen molar-refractivity contribution in [1.82, 2.24) is 10.9 Å². The number of aryl methyl sites for hydroxylation is 2. The fourth-order valence-electron chi connectivity index (χ4n) is 1.84. The van der Waals surface area contributed by atoms with Crippen LogP contribution in [-0.2, 0) is 9.59 Å². The summed E-state index contributed by atoms with van der Waals surface area (Å²) in [4.78, 5) is 23.3. The van der Waals surface area contributed by atoms with Gasteiger partial charge >= 0.3 is 0 Å². The van der Waals surface area contributed by atoms with Crippen LogP contribution in [0.3, 0.4) is 0 Å². The molecule has 0 unspecified atom stereocenters. The minimum Gasteiger partial charge on any atom is -0.484 e. The summed E-state index contributed by atoms with van der Waals surface area (Å²) in [5, 5.41) is 0. The van der Waals surface area contributed by atoms with E-state index in [4.69, 9.17) is 9.47 Å². The maximum absolute atomic E-state index is 11.7. The predicted octanol–water partition coefficient (Wildman–Crippen LogP) is 2.67. The average Bonchev–Trinajstić information content (AvgIpc) is 2.60. The molecule has 0 bridgehead atoms. The van der Waals surface area contributed by atoms with Gasteiger partial charge in [0, 0.05) is 4.47 Å². The van der Waals surface area contributed by atoms with Crippen LogP contribution in [0.15, 0.2) is 46.9 Å². The minimum absolute atomic E-state index is 0.198. The summed E-state index contributed by atoms with van der Waals surface area (Å²) in [7, 11) is 0. The minimum atomic E-state index is -0.470. The van der Waals surface area contributed by atoms with Gasteiger partial charge in [-0.1, -0.05) is 22.0 Å². The summed E-state index contributed by atoms with van der Waals surface area (Å²) in [5.74, 6) is 0.226. The number of amides is 2. The van der Waals surface area contributed by atoms with Gasteiger partial charge in [-0.3, -0.25) is 20.4 Å². The van der Waals surface area contributed by atoms with E-state index in [2.05, 4.69) is 26.8 Å². The fraction of sp³-hybridized carbons (Fsp3) is 0.222. The van der Waals surface area contributed by atoms with E-state index >= 15 is 0 Å². The Bertz CT molecular complexity index is 747. The molecular weight excluding hydrogens is 388 g/mol. The molecule has 132 valence electrons. The molecule has 2 N–H and O–H groups in total. The first kappa shape index (κ1) is 18.8. The summed E-state index contributed by atoms with van der Waals surface area (Å²) in [6.07, 6.45) is 0. The lowest BCUT2D eigenvalue weighted by atomic mass is 10.1. The van der Waals surface area contributed by atoms with E-state index in [1.807, 2.05) is 26.0 Å². The molecule has 2 rings (SSSR count). The van der Waals surface area contributed by atoms with Crippen LogP contribution in [-0.4, -0.2) is 25.0 Å². The van der Waals surface area contributed by atoms with E-state index in [0.29, 0.717) is 11.5 Å². The largest absolute Gasteiger partial charge is 0.484 e. The molecule has 25 heavy (non-hydrogen) atoms. The van der Waals surface area contributed by atoms with Gasteiger partial charge < -0.3 is 9.47 Å². The number of nitrogens with one attached hydrogen (secondary N) is 2. The lowest BCUT2D eigenvalue weighted by molar-refractivity contribution is -0.131. The number of benzene rings is 2. The molecule has 2 aromatic carbocycles. The Morgan fingerprint density at radius 2 is 1.36 bits per heavy atom. The van der Waals surface area contributed by atoms with Gasteiger partial charge in [0.2, 0.25) is 0 Å². The molecule has 0 aliphatic heterocycles. The summed E-state index contributed by atoms with van der Waals surface area (Å²) >= 11 is 3.31. The molecule has 6 nitrogen and oxygen atoms in total. The van der Waals surface area contributed by atoms with Crippen LogP contribution >= 0.6 is 15.9 Å². The monoisotopic (exact) mass is 406 g/mol. The van der Waals surface area contributed by atoms with E-state index < -0.39 is 11.8 Å². The average molecular weight is 407 g/mol. The van der Waals surface area contributed by atoms with E-state index in [9.17, 15) is 9.59 Å². The van der Waals surface area contributed by atoms with Gasteiger partial charge in [-0.15, -0.1) is 0 Å². The van der Waals surface area contributed by atoms with Crippen molar-refractivity contribution in [3.63, 3.8) is 0 Å². The van der Waals surface area contributed by atoms with Crippen molar-refractivity contribution >= 4 is 27.7 Å². The summed E-state index contributed by atoms with van der Waals surface area (Å²) < 4.78 is 11.6. The normalized spacial score (nSPS) is 10.0. The van der Waals surface area contributed by atoms with Gasteiger partial charge in [0.15, 0.2) is 13.2 Å². The van der Waals surface area contributed by atoms with Crippen LogP contribution < -0.4 is 20.3 Å². The van der Waals surface area contributed by atoms with Crippen LogP contribution in [0.25, 0.3) is 0 Å². The quantitative estimate of drug-likeness (QED) is 0.722. The fourth-order valence-corrected chi connectivity index (χ4v) is 2.11. The van der Waals surface area contributed by atoms with Gasteiger partial charge in [0.1, 0.15) is 11.5 Å². The Morgan fingerprint density at radius 1 is 0.840 bits per heavy atom. The van der Waals surface area contributed by atoms with Crippen molar-refractivity contribution in [2.24, 2.45) is 0 Å². The standard InChI is InChI=1S/C18H19BrN2O4/c1-12-3-6-16(9-13(12)2)25-11-18(23)21-20-17(22)10-24-15-7-4-14(19)5-8-15/h3-9H,10-11H2,1-2H3,(H,20,22)(H,21,23). The number of carbonyl (C=O) groups excluding carboxylic acids is 2. The van der Waals surface area contributed by atoms with Crippen LogP contribution in [0.5, 0.6) is 11.5 Å². The Balaban J connectivity index is 1.67. The Hall–Kier alpha value is -2.54. The second-order valence-corrected chi connectivity index (χ2v) is 6.29. The van der Waals surface area contributed by atoms with E-state index in [0.717, 1.165) is 15.6 Å². The highest BCUT2D eigenvalue weighted by Crippen LogP contribution is 2.16. The second kappa shape index (κ2) is 9.08. The third-order valence-corrected chi connectivity index (χ3v) is 3.90. The number of halogens is 1. The van der Waals surface area contributed by atoms with Crippen LogP contribution in [0.1, 0.15) is 11.1 Å². The molecule has 0 spiro atoms. The third kappa shape index (κ3) is 6.46. The second-order valence-electron chi connectivity index (χ2n) is 5.37. The molecule has 0 saturated heterocycles. The van der Waals surface area contributed by atoms with Crippen LogP contribution in [0, 0.1) is 13.8 Å². The lowest BCUT2D eigenvalue weighted by Gasteiger charge is -2.10. The summed E-state index contributed by atoms with van der Waals surface area (Å²) in [6, 6.07) is 12.6. The number of hydrogen-bond acceptors (Lipinski definition) is 4. The molecular formula is C18H19BrN2O4. The van der Waals surface area contributed by atoms with Crippen LogP contribution in [0.2, 0.25) is 0 Å². The van der Waals surface area contributed by atoms with E-state index in [1.165, 1.54) is 0 Å². The Morgan fingerprint density at radius 3 is 1.92 bits per heavy atom. The highest BCUT2D eigenvalue weighted by Gasteiger charge is 2.07. The number of ether oxygens (including phenoxy) is 2. The Labute approximate surface area is 154 Å². The lowest BCUT2D eigenvalue weighted by Crippen LogP contribution is -2.45. The van der Waals surface area contributed by atoms with Crippen molar-refractivity contribution in [3.05, 3.63) is 58.1 Å².